The zero-order valence-corrected chi connectivity index (χ0v) is 12.5. The molecule has 3 rings (SSSR count). The minimum Gasteiger partial charge on any atom is -0.322 e. The highest BCUT2D eigenvalue weighted by molar-refractivity contribution is 9.10. The van der Waals surface area contributed by atoms with Gasteiger partial charge in [-0.3, -0.25) is 4.79 Å². The van der Waals surface area contributed by atoms with Gasteiger partial charge in [-0.2, -0.15) is 5.10 Å². The van der Waals surface area contributed by atoms with Crippen molar-refractivity contribution in [3.8, 4) is 5.69 Å². The van der Waals surface area contributed by atoms with Gasteiger partial charge in [-0.1, -0.05) is 12.1 Å². The topological polar surface area (TPSA) is 59.8 Å². The Hall–Kier alpha value is -2.47. The molecule has 1 N–H and O–H groups in total. The molecule has 6 heteroatoms. The van der Waals surface area contributed by atoms with Crippen molar-refractivity contribution in [3.63, 3.8) is 0 Å². The number of hydrogen-bond acceptors (Lipinski definition) is 3. The Morgan fingerprint density at radius 2 is 1.86 bits per heavy atom. The van der Waals surface area contributed by atoms with E-state index in [0.717, 1.165) is 15.8 Å². The fourth-order valence-electron chi connectivity index (χ4n) is 1.88. The van der Waals surface area contributed by atoms with E-state index in [4.69, 9.17) is 0 Å². The summed E-state index contributed by atoms with van der Waals surface area (Å²) in [5.41, 5.74) is 2.20. The van der Waals surface area contributed by atoms with E-state index in [1.807, 2.05) is 42.5 Å². The Balaban J connectivity index is 1.77. The predicted molar refractivity (Wildman–Crippen MR) is 83.5 cm³/mol. The van der Waals surface area contributed by atoms with Crippen LogP contribution in [0.15, 0.2) is 65.7 Å². The van der Waals surface area contributed by atoms with E-state index in [2.05, 4.69) is 31.3 Å². The first-order chi connectivity index (χ1) is 10.2. The van der Waals surface area contributed by atoms with Crippen LogP contribution in [0.4, 0.5) is 5.69 Å². The fraction of sp³-hybridized carbons (Fsp3) is 0. The number of nitrogens with one attached hydrogen (secondary N) is 1. The number of anilines is 1. The molecule has 0 unspecified atom stereocenters. The van der Waals surface area contributed by atoms with Crippen molar-refractivity contribution in [1.82, 2.24) is 14.8 Å². The van der Waals surface area contributed by atoms with Crippen LogP contribution in [0.2, 0.25) is 0 Å². The highest BCUT2D eigenvalue weighted by Crippen LogP contribution is 2.18. The van der Waals surface area contributed by atoms with Crippen LogP contribution in [0.1, 0.15) is 10.4 Å². The van der Waals surface area contributed by atoms with Crippen molar-refractivity contribution in [2.75, 3.05) is 5.32 Å². The summed E-state index contributed by atoms with van der Waals surface area (Å²) in [7, 11) is 0. The summed E-state index contributed by atoms with van der Waals surface area (Å²) in [6.45, 7) is 0. The highest BCUT2D eigenvalue weighted by atomic mass is 79.9. The SMILES string of the molecule is O=C(Nc1ccc(-n2cncn2)cc1)c1ccccc1Br. The monoisotopic (exact) mass is 342 g/mol. The number of halogens is 1. The van der Waals surface area contributed by atoms with E-state index in [1.54, 1.807) is 17.1 Å². The molecule has 5 nitrogen and oxygen atoms in total. The summed E-state index contributed by atoms with van der Waals surface area (Å²) in [6, 6.07) is 14.7. The zero-order chi connectivity index (χ0) is 14.7. The third-order valence-electron chi connectivity index (χ3n) is 2.93. The molecule has 0 aliphatic rings. The third kappa shape index (κ3) is 3.00. The maximum atomic E-state index is 12.2. The number of carbonyl (C=O) groups excluding carboxylic acids is 1. The Morgan fingerprint density at radius 1 is 1.10 bits per heavy atom. The summed E-state index contributed by atoms with van der Waals surface area (Å²) < 4.78 is 2.42. The van der Waals surface area contributed by atoms with Gasteiger partial charge in [0.15, 0.2) is 0 Å². The van der Waals surface area contributed by atoms with E-state index in [9.17, 15) is 4.79 Å². The fourth-order valence-corrected chi connectivity index (χ4v) is 2.35. The average molecular weight is 343 g/mol. The van der Waals surface area contributed by atoms with Gasteiger partial charge < -0.3 is 5.32 Å². The van der Waals surface area contributed by atoms with Gasteiger partial charge in [0.2, 0.25) is 0 Å². The van der Waals surface area contributed by atoms with E-state index in [1.165, 1.54) is 6.33 Å². The molecule has 1 aromatic heterocycles. The maximum absolute atomic E-state index is 12.2. The van der Waals surface area contributed by atoms with E-state index in [-0.39, 0.29) is 5.91 Å². The van der Waals surface area contributed by atoms with Crippen LogP contribution < -0.4 is 5.32 Å². The van der Waals surface area contributed by atoms with Crippen LogP contribution in [-0.4, -0.2) is 20.7 Å². The molecular formula is C15H11BrN4O. The predicted octanol–water partition coefficient (Wildman–Crippen LogP) is 3.28. The number of aromatic nitrogens is 3. The Morgan fingerprint density at radius 3 is 2.52 bits per heavy atom. The number of hydrogen-bond donors (Lipinski definition) is 1. The molecular weight excluding hydrogens is 332 g/mol. The lowest BCUT2D eigenvalue weighted by Crippen LogP contribution is -2.12. The van der Waals surface area contributed by atoms with E-state index in [0.29, 0.717) is 5.56 Å². The largest absolute Gasteiger partial charge is 0.322 e. The number of nitrogens with zero attached hydrogens (tertiary/aromatic N) is 3. The lowest BCUT2D eigenvalue weighted by Gasteiger charge is -2.07. The van der Waals surface area contributed by atoms with Crippen LogP contribution >= 0.6 is 15.9 Å². The van der Waals surface area contributed by atoms with Crippen molar-refractivity contribution >= 4 is 27.5 Å². The van der Waals surface area contributed by atoms with Gasteiger partial charge in [-0.15, -0.1) is 0 Å². The molecule has 104 valence electrons. The molecule has 0 aliphatic carbocycles. The lowest BCUT2D eigenvalue weighted by molar-refractivity contribution is 0.102. The molecule has 0 spiro atoms. The van der Waals surface area contributed by atoms with E-state index >= 15 is 0 Å². The van der Waals surface area contributed by atoms with Crippen LogP contribution in [0.3, 0.4) is 0 Å². The number of benzene rings is 2. The molecule has 3 aromatic rings. The van der Waals surface area contributed by atoms with Crippen molar-refractivity contribution in [1.29, 1.82) is 0 Å². The van der Waals surface area contributed by atoms with Gasteiger partial charge in [-0.05, 0) is 52.3 Å². The zero-order valence-electron chi connectivity index (χ0n) is 10.9. The molecule has 1 amide bonds. The van der Waals surface area contributed by atoms with E-state index < -0.39 is 0 Å². The lowest BCUT2D eigenvalue weighted by atomic mass is 10.2. The van der Waals surface area contributed by atoms with Crippen molar-refractivity contribution in [3.05, 3.63) is 71.2 Å². The molecule has 0 fully saturated rings. The number of rotatable bonds is 3. The quantitative estimate of drug-likeness (QED) is 0.794. The Kier molecular flexibility index (Phi) is 3.79. The molecule has 1 heterocycles. The first kappa shape index (κ1) is 13.5. The molecule has 0 aliphatic heterocycles. The molecule has 2 aromatic carbocycles. The average Bonchev–Trinajstić information content (AvgIpc) is 3.02. The second-order valence-corrected chi connectivity index (χ2v) is 5.18. The molecule has 21 heavy (non-hydrogen) atoms. The number of amides is 1. The normalized spacial score (nSPS) is 10.3. The van der Waals surface area contributed by atoms with Crippen molar-refractivity contribution in [2.45, 2.75) is 0 Å². The summed E-state index contributed by atoms with van der Waals surface area (Å²) in [4.78, 5) is 16.1. The minimum atomic E-state index is -0.156. The first-order valence-corrected chi connectivity index (χ1v) is 7.04. The van der Waals surface area contributed by atoms with Crippen LogP contribution in [0, 0.1) is 0 Å². The Labute approximate surface area is 129 Å². The van der Waals surface area contributed by atoms with Gasteiger partial charge in [0.1, 0.15) is 12.7 Å². The van der Waals surface area contributed by atoms with Crippen molar-refractivity contribution in [2.24, 2.45) is 0 Å². The van der Waals surface area contributed by atoms with Gasteiger partial charge in [0.05, 0.1) is 11.3 Å². The molecule has 0 saturated heterocycles. The van der Waals surface area contributed by atoms with Crippen molar-refractivity contribution < 1.29 is 4.79 Å². The summed E-state index contributed by atoms with van der Waals surface area (Å²) in [6.07, 6.45) is 3.09. The van der Waals surface area contributed by atoms with Crippen LogP contribution in [-0.2, 0) is 0 Å². The molecule has 0 atom stereocenters. The Bertz CT molecular complexity index is 754. The standard InChI is InChI=1S/C15H11BrN4O/c16-14-4-2-1-3-13(14)15(21)19-11-5-7-12(8-6-11)20-10-17-9-18-20/h1-10H,(H,19,21). The highest BCUT2D eigenvalue weighted by Gasteiger charge is 2.09. The van der Waals surface area contributed by atoms with Gasteiger partial charge in [0, 0.05) is 10.2 Å². The van der Waals surface area contributed by atoms with Crippen LogP contribution in [0.5, 0.6) is 0 Å². The maximum Gasteiger partial charge on any atom is 0.256 e. The number of carbonyl (C=O) groups is 1. The first-order valence-electron chi connectivity index (χ1n) is 6.25. The van der Waals surface area contributed by atoms with Gasteiger partial charge >= 0.3 is 0 Å². The smallest absolute Gasteiger partial charge is 0.256 e. The second kappa shape index (κ2) is 5.88. The summed E-state index contributed by atoms with van der Waals surface area (Å²) >= 11 is 3.37. The second-order valence-electron chi connectivity index (χ2n) is 4.32. The molecule has 0 bridgehead atoms. The third-order valence-corrected chi connectivity index (χ3v) is 3.62. The van der Waals surface area contributed by atoms with Gasteiger partial charge in [0.25, 0.3) is 5.91 Å². The molecule has 0 saturated carbocycles. The summed E-state index contributed by atoms with van der Waals surface area (Å²) in [5.74, 6) is -0.156. The van der Waals surface area contributed by atoms with Crippen LogP contribution in [0.25, 0.3) is 5.69 Å². The van der Waals surface area contributed by atoms with Gasteiger partial charge in [-0.25, -0.2) is 9.67 Å². The minimum absolute atomic E-state index is 0.156. The summed E-state index contributed by atoms with van der Waals surface area (Å²) in [5, 5.41) is 6.91. The molecule has 0 radical (unpaired) electrons.